The highest BCUT2D eigenvalue weighted by Crippen LogP contribution is 2.34. The van der Waals surface area contributed by atoms with Crippen LogP contribution in [0.25, 0.3) is 11.3 Å². The van der Waals surface area contributed by atoms with Crippen LogP contribution >= 0.6 is 11.6 Å². The van der Waals surface area contributed by atoms with E-state index in [0.29, 0.717) is 0 Å². The summed E-state index contributed by atoms with van der Waals surface area (Å²) in [5.74, 6) is 0. The minimum Gasteiger partial charge on any atom is -0.400 e. The summed E-state index contributed by atoms with van der Waals surface area (Å²) in [6.45, 7) is 2.95. The molecule has 0 radical (unpaired) electrons. The molecule has 2 aromatic carbocycles. The van der Waals surface area contributed by atoms with Gasteiger partial charge in [0, 0.05) is 53.6 Å². The first-order chi connectivity index (χ1) is 14.6. The second-order valence-corrected chi connectivity index (χ2v) is 7.80. The molecule has 30 heavy (non-hydrogen) atoms. The van der Waals surface area contributed by atoms with Gasteiger partial charge in [-0.3, -0.25) is 0 Å². The van der Waals surface area contributed by atoms with E-state index in [1.807, 2.05) is 37.5 Å². The van der Waals surface area contributed by atoms with Gasteiger partial charge in [-0.1, -0.05) is 30.7 Å². The summed E-state index contributed by atoms with van der Waals surface area (Å²) in [6.07, 6.45) is 5.98. The SMILES string of the molecule is CC/C(N)=C1/NCCCC(Nc2ccc(Cl)cc2)c2cc(/C(C=N)=C/NC)ccc21. The van der Waals surface area contributed by atoms with E-state index in [0.717, 1.165) is 64.6 Å². The summed E-state index contributed by atoms with van der Waals surface area (Å²) in [4.78, 5) is 0. The average Bonchev–Trinajstić information content (AvgIpc) is 2.76. The lowest BCUT2D eigenvalue weighted by Gasteiger charge is -2.29. The van der Waals surface area contributed by atoms with Crippen LogP contribution in [0.5, 0.6) is 0 Å². The number of fused-ring (bicyclic) bond motifs is 1. The van der Waals surface area contributed by atoms with Crippen LogP contribution in [0.3, 0.4) is 0 Å². The lowest BCUT2D eigenvalue weighted by molar-refractivity contribution is 0.615. The summed E-state index contributed by atoms with van der Waals surface area (Å²) in [7, 11) is 1.84. The second kappa shape index (κ2) is 10.2. The number of halogens is 1. The maximum Gasteiger partial charge on any atom is 0.0607 e. The predicted molar refractivity (Wildman–Crippen MR) is 129 cm³/mol. The van der Waals surface area contributed by atoms with Crippen molar-refractivity contribution in [3.63, 3.8) is 0 Å². The zero-order valence-corrected chi connectivity index (χ0v) is 18.3. The van der Waals surface area contributed by atoms with Crippen molar-refractivity contribution in [2.75, 3.05) is 18.9 Å². The van der Waals surface area contributed by atoms with Crippen LogP contribution < -0.4 is 21.7 Å². The van der Waals surface area contributed by atoms with Crippen molar-refractivity contribution >= 4 is 34.8 Å². The number of hydrogen-bond donors (Lipinski definition) is 5. The minimum atomic E-state index is 0.115. The van der Waals surface area contributed by atoms with E-state index < -0.39 is 0 Å². The van der Waals surface area contributed by atoms with Gasteiger partial charge < -0.3 is 27.1 Å². The molecule has 3 rings (SSSR count). The first-order valence-corrected chi connectivity index (χ1v) is 10.7. The fourth-order valence-corrected chi connectivity index (χ4v) is 3.88. The van der Waals surface area contributed by atoms with Gasteiger partial charge in [-0.25, -0.2) is 0 Å². The van der Waals surface area contributed by atoms with E-state index in [1.54, 1.807) is 0 Å². The molecule has 6 N–H and O–H groups in total. The van der Waals surface area contributed by atoms with Crippen molar-refractivity contribution in [3.05, 3.63) is 76.1 Å². The van der Waals surface area contributed by atoms with Crippen molar-refractivity contribution < 1.29 is 0 Å². The van der Waals surface area contributed by atoms with Crippen LogP contribution in [-0.2, 0) is 0 Å². The third kappa shape index (κ3) is 4.97. The summed E-state index contributed by atoms with van der Waals surface area (Å²) < 4.78 is 0. The standard InChI is InChI=1S/C24H30ClN5/c1-3-22(27)24-20-11-6-16(17(14-26)15-28-2)13-21(20)23(5-4-12-29-24)30-19-9-7-18(25)8-10-19/h6-11,13-15,23,26,28-30H,3-5,12,27H2,1-2H3/b17-15+,24-22-,26-14?. The Labute approximate surface area is 183 Å². The normalized spacial score (nSPS) is 18.4. The molecule has 0 saturated carbocycles. The molecule has 0 spiro atoms. The second-order valence-electron chi connectivity index (χ2n) is 7.36. The van der Waals surface area contributed by atoms with Gasteiger partial charge in [-0.15, -0.1) is 0 Å². The monoisotopic (exact) mass is 423 g/mol. The van der Waals surface area contributed by atoms with E-state index in [2.05, 4.69) is 41.1 Å². The van der Waals surface area contributed by atoms with E-state index in [1.165, 1.54) is 11.8 Å². The average molecular weight is 424 g/mol. The Hall–Kier alpha value is -2.92. The van der Waals surface area contributed by atoms with Crippen LogP contribution in [0.15, 0.2) is 54.4 Å². The molecule has 6 heteroatoms. The molecule has 158 valence electrons. The molecule has 1 atom stereocenters. The van der Waals surface area contributed by atoms with Crippen LogP contribution in [0, 0.1) is 5.41 Å². The van der Waals surface area contributed by atoms with Gasteiger partial charge >= 0.3 is 0 Å². The number of allylic oxidation sites excluding steroid dienone is 2. The quantitative estimate of drug-likeness (QED) is 0.417. The molecule has 5 nitrogen and oxygen atoms in total. The molecule has 0 amide bonds. The third-order valence-electron chi connectivity index (χ3n) is 5.34. The van der Waals surface area contributed by atoms with Crippen LogP contribution in [-0.4, -0.2) is 19.8 Å². The smallest absolute Gasteiger partial charge is 0.0607 e. The van der Waals surface area contributed by atoms with Crippen molar-refractivity contribution in [1.82, 2.24) is 10.6 Å². The summed E-state index contributed by atoms with van der Waals surface area (Å²) in [5, 5.41) is 18.8. The van der Waals surface area contributed by atoms with Gasteiger partial charge in [0.2, 0.25) is 0 Å². The Morgan fingerprint density at radius 2 is 2.03 bits per heavy atom. The molecule has 0 saturated heterocycles. The Bertz CT molecular complexity index is 947. The molecule has 0 fully saturated rings. The molecular formula is C24H30ClN5. The molecular weight excluding hydrogens is 394 g/mol. The minimum absolute atomic E-state index is 0.115. The van der Waals surface area contributed by atoms with Crippen molar-refractivity contribution in [1.29, 1.82) is 5.41 Å². The highest BCUT2D eigenvalue weighted by atomic mass is 35.5. The highest BCUT2D eigenvalue weighted by Gasteiger charge is 2.22. The Morgan fingerprint density at radius 3 is 2.70 bits per heavy atom. The van der Waals surface area contributed by atoms with Gasteiger partial charge in [-0.05, 0) is 60.7 Å². The topological polar surface area (TPSA) is 86.0 Å². The number of hydrogen-bond acceptors (Lipinski definition) is 5. The zero-order valence-electron chi connectivity index (χ0n) is 17.6. The third-order valence-corrected chi connectivity index (χ3v) is 5.60. The first-order valence-electron chi connectivity index (χ1n) is 10.3. The summed E-state index contributed by atoms with van der Waals surface area (Å²) in [5.41, 5.74) is 13.4. The van der Waals surface area contributed by atoms with Crippen LogP contribution in [0.4, 0.5) is 5.69 Å². The van der Waals surface area contributed by atoms with E-state index >= 15 is 0 Å². The first kappa shape index (κ1) is 21.8. The molecule has 0 aliphatic carbocycles. The van der Waals surface area contributed by atoms with Crippen molar-refractivity contribution in [2.45, 2.75) is 32.2 Å². The molecule has 1 unspecified atom stereocenters. The maximum absolute atomic E-state index is 7.80. The number of nitrogens with one attached hydrogen (secondary N) is 4. The summed E-state index contributed by atoms with van der Waals surface area (Å²) in [6, 6.07) is 14.3. The van der Waals surface area contributed by atoms with Gasteiger partial charge in [0.05, 0.1) is 11.7 Å². The Morgan fingerprint density at radius 1 is 1.27 bits per heavy atom. The fraction of sp³-hybridized carbons (Fsp3) is 0.292. The van der Waals surface area contributed by atoms with E-state index in [9.17, 15) is 0 Å². The van der Waals surface area contributed by atoms with E-state index in [4.69, 9.17) is 22.7 Å². The molecule has 1 aliphatic rings. The van der Waals surface area contributed by atoms with Gasteiger partial charge in [0.15, 0.2) is 0 Å². The molecule has 0 aromatic heterocycles. The number of anilines is 1. The maximum atomic E-state index is 7.80. The number of benzene rings is 2. The van der Waals surface area contributed by atoms with E-state index in [-0.39, 0.29) is 6.04 Å². The fourth-order valence-electron chi connectivity index (χ4n) is 3.75. The predicted octanol–water partition coefficient (Wildman–Crippen LogP) is 5.12. The molecule has 1 heterocycles. The largest absolute Gasteiger partial charge is 0.400 e. The van der Waals surface area contributed by atoms with Crippen molar-refractivity contribution in [2.24, 2.45) is 5.73 Å². The number of nitrogens with two attached hydrogens (primary N) is 1. The van der Waals surface area contributed by atoms with Gasteiger partial charge in [0.25, 0.3) is 0 Å². The summed E-state index contributed by atoms with van der Waals surface area (Å²) >= 11 is 6.06. The Kier molecular flexibility index (Phi) is 7.41. The molecule has 2 aromatic rings. The molecule has 1 aliphatic heterocycles. The number of rotatable bonds is 6. The zero-order chi connectivity index (χ0) is 21.5. The van der Waals surface area contributed by atoms with Crippen LogP contribution in [0.1, 0.15) is 48.9 Å². The van der Waals surface area contributed by atoms with Crippen LogP contribution in [0.2, 0.25) is 5.02 Å². The van der Waals surface area contributed by atoms with Gasteiger partial charge in [0.1, 0.15) is 0 Å². The van der Waals surface area contributed by atoms with Gasteiger partial charge in [-0.2, -0.15) is 0 Å². The highest BCUT2D eigenvalue weighted by molar-refractivity contribution is 6.30. The lowest BCUT2D eigenvalue weighted by Crippen LogP contribution is -2.25. The molecule has 0 bridgehead atoms. The Balaban J connectivity index is 2.13. The van der Waals surface area contributed by atoms with Crippen molar-refractivity contribution in [3.8, 4) is 0 Å². The lowest BCUT2D eigenvalue weighted by atomic mass is 9.89.